The third-order valence-electron chi connectivity index (χ3n) is 5.93. The first kappa shape index (κ1) is 31.1. The van der Waals surface area contributed by atoms with Crippen molar-refractivity contribution in [3.63, 3.8) is 0 Å². The normalized spacial score (nSPS) is 17.4. The van der Waals surface area contributed by atoms with E-state index in [0.29, 0.717) is 31.0 Å². The first-order valence-electron chi connectivity index (χ1n) is 13.3. The van der Waals surface area contributed by atoms with E-state index in [0.717, 1.165) is 6.42 Å². The van der Waals surface area contributed by atoms with Gasteiger partial charge in [-0.05, 0) is 64.7 Å². The van der Waals surface area contributed by atoms with Gasteiger partial charge in [0.05, 0.1) is 6.54 Å². The Bertz CT molecular complexity index is 884. The molecular formula is C28H46N4O4. The number of piperidine rings is 1. The molecule has 4 amide bonds. The minimum Gasteiger partial charge on any atom is -0.343 e. The summed E-state index contributed by atoms with van der Waals surface area (Å²) in [4.78, 5) is 54.1. The fourth-order valence-corrected chi connectivity index (χ4v) is 4.10. The molecule has 1 aliphatic rings. The summed E-state index contributed by atoms with van der Waals surface area (Å²) in [6, 6.07) is 5.94. The van der Waals surface area contributed by atoms with Gasteiger partial charge in [-0.15, -0.1) is 0 Å². The Morgan fingerprint density at radius 3 is 2.14 bits per heavy atom. The van der Waals surface area contributed by atoms with Crippen LogP contribution in [0.4, 0.5) is 0 Å². The van der Waals surface area contributed by atoms with Crippen LogP contribution in [0.25, 0.3) is 0 Å². The number of nitrogens with zero attached hydrogens (tertiary/aromatic N) is 2. The lowest BCUT2D eigenvalue weighted by Gasteiger charge is -2.37. The molecule has 1 aromatic carbocycles. The summed E-state index contributed by atoms with van der Waals surface area (Å²) in [5.74, 6) is -0.718. The number of hydrogen-bond donors (Lipinski definition) is 2. The zero-order valence-electron chi connectivity index (χ0n) is 23.4. The Morgan fingerprint density at radius 2 is 1.61 bits per heavy atom. The quantitative estimate of drug-likeness (QED) is 0.536. The average molecular weight is 503 g/mol. The second kappa shape index (κ2) is 15.3. The van der Waals surface area contributed by atoms with Crippen molar-refractivity contribution < 1.29 is 19.2 Å². The monoisotopic (exact) mass is 502 g/mol. The largest absolute Gasteiger partial charge is 0.343 e. The average Bonchev–Trinajstić information content (AvgIpc) is 2.83. The molecule has 8 nitrogen and oxygen atoms in total. The maximum atomic E-state index is 12.8. The van der Waals surface area contributed by atoms with E-state index in [-0.39, 0.29) is 36.0 Å². The van der Waals surface area contributed by atoms with Crippen molar-refractivity contribution in [1.29, 1.82) is 0 Å². The molecule has 1 aromatic rings. The fraction of sp³-hybridized carbons (Fsp3) is 0.643. The number of likely N-dealkylation sites (tertiary alicyclic amines) is 1. The topological polar surface area (TPSA) is 98.8 Å². The highest BCUT2D eigenvalue weighted by molar-refractivity contribution is 6.02. The number of nitrogens with one attached hydrogen (secondary N) is 2. The Balaban J connectivity index is 0.00000205. The summed E-state index contributed by atoms with van der Waals surface area (Å²) < 4.78 is 0. The van der Waals surface area contributed by atoms with Crippen LogP contribution in [0, 0.1) is 5.92 Å². The molecule has 202 valence electrons. The third-order valence-corrected chi connectivity index (χ3v) is 5.93. The highest BCUT2D eigenvalue weighted by Gasteiger charge is 2.33. The van der Waals surface area contributed by atoms with Crippen molar-refractivity contribution >= 4 is 23.6 Å². The second-order valence-electron chi connectivity index (χ2n) is 10.1. The molecule has 2 rings (SSSR count). The van der Waals surface area contributed by atoms with E-state index in [9.17, 15) is 19.2 Å². The first-order chi connectivity index (χ1) is 17.0. The number of amides is 4. The molecule has 0 spiro atoms. The van der Waals surface area contributed by atoms with Crippen LogP contribution in [0.5, 0.6) is 0 Å². The molecule has 0 aliphatic carbocycles. The van der Waals surface area contributed by atoms with Crippen molar-refractivity contribution in [3.05, 3.63) is 35.4 Å². The summed E-state index contributed by atoms with van der Waals surface area (Å²) in [5, 5.41) is 5.47. The van der Waals surface area contributed by atoms with Gasteiger partial charge in [-0.25, -0.2) is 0 Å². The van der Waals surface area contributed by atoms with Crippen LogP contribution in [0.15, 0.2) is 24.3 Å². The molecular weight excluding hydrogens is 456 g/mol. The molecule has 0 saturated carbocycles. The molecule has 2 unspecified atom stereocenters. The molecule has 1 fully saturated rings. The van der Waals surface area contributed by atoms with Gasteiger partial charge in [-0.3, -0.25) is 19.2 Å². The highest BCUT2D eigenvalue weighted by Crippen LogP contribution is 2.18. The van der Waals surface area contributed by atoms with Gasteiger partial charge in [0.2, 0.25) is 11.8 Å². The lowest BCUT2D eigenvalue weighted by molar-refractivity contribution is -0.138. The van der Waals surface area contributed by atoms with E-state index in [2.05, 4.69) is 24.5 Å². The van der Waals surface area contributed by atoms with Crippen LogP contribution in [0.3, 0.4) is 0 Å². The van der Waals surface area contributed by atoms with Crippen LogP contribution >= 0.6 is 0 Å². The molecule has 1 saturated heterocycles. The summed E-state index contributed by atoms with van der Waals surface area (Å²) >= 11 is 0. The van der Waals surface area contributed by atoms with Gasteiger partial charge in [0.1, 0.15) is 6.04 Å². The standard InChI is InChI=1S/C25H38N4O4.C3H8/c1-7-28-18(6)11-12-21(25(28)33)27-24(32)20-10-8-9-19(13-20)23(31)26-14-22(30)29(17(4)5)15-16(2)3;1-3-2/h8-10,13,16-18,21H,7,11-12,14-15H2,1-6H3,(H,26,31)(H,27,32);3H2,1-2H3. The molecule has 8 heteroatoms. The molecule has 36 heavy (non-hydrogen) atoms. The van der Waals surface area contributed by atoms with Crippen molar-refractivity contribution in [2.45, 2.75) is 92.8 Å². The zero-order chi connectivity index (χ0) is 27.4. The van der Waals surface area contributed by atoms with Crippen molar-refractivity contribution in [1.82, 2.24) is 20.4 Å². The predicted molar refractivity (Wildman–Crippen MR) is 144 cm³/mol. The van der Waals surface area contributed by atoms with E-state index < -0.39 is 17.9 Å². The number of carbonyl (C=O) groups is 4. The Hall–Kier alpha value is -2.90. The minimum absolute atomic E-state index is 0.0398. The van der Waals surface area contributed by atoms with Crippen LogP contribution in [0.1, 0.15) is 95.4 Å². The van der Waals surface area contributed by atoms with Crippen molar-refractivity contribution in [2.24, 2.45) is 5.92 Å². The van der Waals surface area contributed by atoms with Gasteiger partial charge in [0.25, 0.3) is 11.8 Å². The maximum Gasteiger partial charge on any atom is 0.251 e. The molecule has 2 atom stereocenters. The van der Waals surface area contributed by atoms with E-state index in [1.807, 2.05) is 41.5 Å². The molecule has 0 radical (unpaired) electrons. The fourth-order valence-electron chi connectivity index (χ4n) is 4.10. The van der Waals surface area contributed by atoms with Crippen LogP contribution in [-0.4, -0.2) is 71.2 Å². The highest BCUT2D eigenvalue weighted by atomic mass is 16.2. The number of benzene rings is 1. The van der Waals surface area contributed by atoms with Gasteiger partial charge in [-0.2, -0.15) is 0 Å². The minimum atomic E-state index is -0.563. The number of hydrogen-bond acceptors (Lipinski definition) is 4. The van der Waals surface area contributed by atoms with E-state index in [4.69, 9.17) is 0 Å². The van der Waals surface area contributed by atoms with Crippen LogP contribution in [0.2, 0.25) is 0 Å². The van der Waals surface area contributed by atoms with Crippen molar-refractivity contribution in [3.8, 4) is 0 Å². The summed E-state index contributed by atoms with van der Waals surface area (Å²) in [6.45, 7) is 17.3. The second-order valence-corrected chi connectivity index (χ2v) is 10.1. The molecule has 0 aromatic heterocycles. The summed E-state index contributed by atoms with van der Waals surface area (Å²) in [7, 11) is 0. The van der Waals surface area contributed by atoms with Crippen LogP contribution in [-0.2, 0) is 9.59 Å². The summed E-state index contributed by atoms with van der Waals surface area (Å²) in [6.07, 6.45) is 2.67. The molecule has 1 aliphatic heterocycles. The third kappa shape index (κ3) is 9.28. The Morgan fingerprint density at radius 1 is 1.03 bits per heavy atom. The molecule has 1 heterocycles. The SMILES string of the molecule is CCC.CCN1C(=O)C(NC(=O)c2cccc(C(=O)NCC(=O)N(CC(C)C)C(C)C)c2)CCC1C. The Kier molecular flexibility index (Phi) is 13.2. The molecule has 2 N–H and O–H groups in total. The van der Waals surface area contributed by atoms with Crippen LogP contribution < -0.4 is 10.6 Å². The first-order valence-corrected chi connectivity index (χ1v) is 13.3. The lowest BCUT2D eigenvalue weighted by atomic mass is 9.98. The number of rotatable bonds is 9. The van der Waals surface area contributed by atoms with Crippen molar-refractivity contribution in [2.75, 3.05) is 19.6 Å². The maximum absolute atomic E-state index is 12.8. The lowest BCUT2D eigenvalue weighted by Crippen LogP contribution is -2.55. The van der Waals surface area contributed by atoms with Gasteiger partial charge in [0.15, 0.2) is 0 Å². The molecule has 0 bridgehead atoms. The van der Waals surface area contributed by atoms with Gasteiger partial charge >= 0.3 is 0 Å². The van der Waals surface area contributed by atoms with E-state index in [1.54, 1.807) is 28.0 Å². The van der Waals surface area contributed by atoms with Gasteiger partial charge < -0.3 is 20.4 Å². The predicted octanol–water partition coefficient (Wildman–Crippen LogP) is 3.85. The number of likely N-dealkylation sites (N-methyl/N-ethyl adjacent to an activating group) is 1. The summed E-state index contributed by atoms with van der Waals surface area (Å²) in [5.41, 5.74) is 0.584. The van der Waals surface area contributed by atoms with Gasteiger partial charge in [-0.1, -0.05) is 40.2 Å². The zero-order valence-corrected chi connectivity index (χ0v) is 23.4. The van der Waals surface area contributed by atoms with Gasteiger partial charge in [0, 0.05) is 36.3 Å². The number of carbonyl (C=O) groups excluding carboxylic acids is 4. The Labute approximate surface area is 217 Å². The van der Waals surface area contributed by atoms with E-state index >= 15 is 0 Å². The van der Waals surface area contributed by atoms with E-state index in [1.165, 1.54) is 12.5 Å². The smallest absolute Gasteiger partial charge is 0.251 e.